The average Bonchev–Trinajstić information content (AvgIpc) is 2.56. The van der Waals surface area contributed by atoms with Crippen LogP contribution in [0, 0.1) is 11.3 Å². The van der Waals surface area contributed by atoms with Crippen LogP contribution in [0.1, 0.15) is 18.1 Å². The number of H-pyrrole nitrogens is 1. The molecule has 1 atom stereocenters. The van der Waals surface area contributed by atoms with Gasteiger partial charge in [-0.25, -0.2) is 5.10 Å². The van der Waals surface area contributed by atoms with E-state index in [1.54, 1.807) is 31.4 Å². The van der Waals surface area contributed by atoms with E-state index in [9.17, 15) is 4.79 Å². The molecule has 0 saturated carbocycles. The summed E-state index contributed by atoms with van der Waals surface area (Å²) in [5.74, 6) is 1.29. The number of aromatic nitrogens is 2. The Morgan fingerprint density at radius 3 is 2.88 bits per heavy atom. The van der Waals surface area contributed by atoms with E-state index >= 15 is 0 Å². The third kappa shape index (κ3) is 3.14. The molecule has 0 bridgehead atoms. The fraction of sp³-hybridized carbons (Fsp3) is 0.235. The van der Waals surface area contributed by atoms with Gasteiger partial charge in [-0.1, -0.05) is 0 Å². The normalized spacial score (nSPS) is 18.8. The molecule has 2 aromatic rings. The van der Waals surface area contributed by atoms with Crippen LogP contribution < -0.4 is 15.0 Å². The number of aromatic amines is 1. The van der Waals surface area contributed by atoms with Crippen molar-refractivity contribution < 1.29 is 14.2 Å². The maximum absolute atomic E-state index is 11.1. The predicted octanol–water partition coefficient (Wildman–Crippen LogP) is 1.86. The number of benzene rings is 1. The SMILES string of the molecule is COCC1(C)C=C(Oc2ccc(=O)[nH]n2)c2cc(C#N)ccc2O1. The van der Waals surface area contributed by atoms with Crippen LogP contribution in [0.3, 0.4) is 0 Å². The number of hydrogen-bond donors (Lipinski definition) is 1. The summed E-state index contributed by atoms with van der Waals surface area (Å²) in [6.07, 6.45) is 1.77. The molecule has 0 amide bonds. The first-order valence-corrected chi connectivity index (χ1v) is 7.22. The van der Waals surface area contributed by atoms with Crippen LogP contribution in [0.15, 0.2) is 41.2 Å². The topological polar surface area (TPSA) is 97.2 Å². The second kappa shape index (κ2) is 6.18. The van der Waals surface area contributed by atoms with Gasteiger partial charge in [0, 0.05) is 25.3 Å². The number of ether oxygens (including phenoxy) is 3. The Kier molecular flexibility index (Phi) is 4.06. The molecule has 1 aliphatic heterocycles. The molecule has 1 N–H and O–H groups in total. The van der Waals surface area contributed by atoms with E-state index in [1.165, 1.54) is 12.1 Å². The third-order valence-electron chi connectivity index (χ3n) is 3.45. The molecule has 1 aromatic carbocycles. The highest BCUT2D eigenvalue weighted by molar-refractivity contribution is 5.71. The van der Waals surface area contributed by atoms with E-state index in [4.69, 9.17) is 19.5 Å². The van der Waals surface area contributed by atoms with Crippen LogP contribution in [0.25, 0.3) is 5.76 Å². The lowest BCUT2D eigenvalue weighted by Crippen LogP contribution is -2.38. The largest absolute Gasteiger partial charge is 0.480 e. The summed E-state index contributed by atoms with van der Waals surface area (Å²) >= 11 is 0. The zero-order valence-corrected chi connectivity index (χ0v) is 13.2. The minimum Gasteiger partial charge on any atom is -0.480 e. The summed E-state index contributed by atoms with van der Waals surface area (Å²) in [5, 5.41) is 15.3. The van der Waals surface area contributed by atoms with E-state index in [0.29, 0.717) is 29.2 Å². The number of nitriles is 1. The first-order chi connectivity index (χ1) is 11.5. The Morgan fingerprint density at radius 1 is 1.38 bits per heavy atom. The minimum atomic E-state index is -0.729. The number of hydrogen-bond acceptors (Lipinski definition) is 6. The molecule has 0 fully saturated rings. The van der Waals surface area contributed by atoms with Crippen molar-refractivity contribution in [2.45, 2.75) is 12.5 Å². The summed E-state index contributed by atoms with van der Waals surface area (Å²) in [6, 6.07) is 9.95. The van der Waals surface area contributed by atoms with Gasteiger partial charge in [-0.2, -0.15) is 5.26 Å². The molecule has 3 rings (SSSR count). The molecule has 7 heteroatoms. The monoisotopic (exact) mass is 325 g/mol. The fourth-order valence-electron chi connectivity index (χ4n) is 2.46. The van der Waals surface area contributed by atoms with Gasteiger partial charge in [0.05, 0.1) is 23.8 Å². The van der Waals surface area contributed by atoms with Gasteiger partial charge < -0.3 is 14.2 Å². The predicted molar refractivity (Wildman–Crippen MR) is 85.5 cm³/mol. The zero-order valence-electron chi connectivity index (χ0n) is 13.2. The van der Waals surface area contributed by atoms with Crippen LogP contribution in [0.4, 0.5) is 0 Å². The van der Waals surface area contributed by atoms with Gasteiger partial charge in [-0.05, 0) is 25.1 Å². The molecule has 0 spiro atoms. The van der Waals surface area contributed by atoms with Gasteiger partial charge in [0.25, 0.3) is 5.56 Å². The molecule has 0 saturated heterocycles. The Hall–Kier alpha value is -3.11. The highest BCUT2D eigenvalue weighted by Gasteiger charge is 2.32. The molecule has 122 valence electrons. The van der Waals surface area contributed by atoms with E-state index in [1.807, 2.05) is 6.92 Å². The minimum absolute atomic E-state index is 0.232. The van der Waals surface area contributed by atoms with Crippen LogP contribution in [0.2, 0.25) is 0 Å². The number of rotatable bonds is 4. The van der Waals surface area contributed by atoms with E-state index < -0.39 is 5.60 Å². The quantitative estimate of drug-likeness (QED) is 0.921. The number of nitrogens with zero attached hydrogens (tertiary/aromatic N) is 2. The maximum atomic E-state index is 11.1. The van der Waals surface area contributed by atoms with Crippen molar-refractivity contribution in [2.24, 2.45) is 0 Å². The number of fused-ring (bicyclic) bond motifs is 1. The molecule has 1 aliphatic rings. The summed E-state index contributed by atoms with van der Waals surface area (Å²) in [7, 11) is 1.58. The zero-order chi connectivity index (χ0) is 17.2. The van der Waals surface area contributed by atoms with Gasteiger partial charge in [-0.3, -0.25) is 4.79 Å². The lowest BCUT2D eigenvalue weighted by atomic mass is 9.98. The third-order valence-corrected chi connectivity index (χ3v) is 3.45. The summed E-state index contributed by atoms with van der Waals surface area (Å²) in [6.45, 7) is 2.18. The second-order valence-corrected chi connectivity index (χ2v) is 5.54. The van der Waals surface area contributed by atoms with Crippen LogP contribution >= 0.6 is 0 Å². The van der Waals surface area contributed by atoms with E-state index in [0.717, 1.165) is 0 Å². The number of methoxy groups -OCH3 is 1. The highest BCUT2D eigenvalue weighted by atomic mass is 16.5. The molecule has 7 nitrogen and oxygen atoms in total. The summed E-state index contributed by atoms with van der Waals surface area (Å²) < 4.78 is 17.0. The van der Waals surface area contributed by atoms with Crippen molar-refractivity contribution in [3.05, 3.63) is 57.9 Å². The Morgan fingerprint density at radius 2 is 2.21 bits per heavy atom. The molecule has 1 unspecified atom stereocenters. The molecule has 0 radical (unpaired) electrons. The van der Waals surface area contributed by atoms with Gasteiger partial charge in [0.1, 0.15) is 11.5 Å². The first kappa shape index (κ1) is 15.8. The molecule has 2 heterocycles. The molecule has 0 aliphatic carbocycles. The molecular formula is C17H15N3O4. The van der Waals surface area contributed by atoms with Gasteiger partial charge in [0.2, 0.25) is 5.88 Å². The van der Waals surface area contributed by atoms with Crippen molar-refractivity contribution in [1.82, 2.24) is 10.2 Å². The van der Waals surface area contributed by atoms with Crippen molar-refractivity contribution in [2.75, 3.05) is 13.7 Å². The molecular weight excluding hydrogens is 310 g/mol. The Bertz CT molecular complexity index is 877. The van der Waals surface area contributed by atoms with Crippen molar-refractivity contribution in [3.63, 3.8) is 0 Å². The first-order valence-electron chi connectivity index (χ1n) is 7.22. The Labute approximate surface area is 138 Å². The molecule has 24 heavy (non-hydrogen) atoms. The fourth-order valence-corrected chi connectivity index (χ4v) is 2.46. The van der Waals surface area contributed by atoms with Crippen molar-refractivity contribution >= 4 is 5.76 Å². The highest BCUT2D eigenvalue weighted by Crippen LogP contribution is 2.37. The van der Waals surface area contributed by atoms with E-state index in [-0.39, 0.29) is 11.4 Å². The van der Waals surface area contributed by atoms with Crippen LogP contribution in [-0.2, 0) is 4.74 Å². The lowest BCUT2D eigenvalue weighted by Gasteiger charge is -2.33. The lowest BCUT2D eigenvalue weighted by molar-refractivity contribution is 0.0358. The van der Waals surface area contributed by atoms with Gasteiger partial charge >= 0.3 is 0 Å². The Balaban J connectivity index is 2.05. The van der Waals surface area contributed by atoms with Crippen molar-refractivity contribution in [1.29, 1.82) is 5.26 Å². The van der Waals surface area contributed by atoms with Crippen molar-refractivity contribution in [3.8, 4) is 17.7 Å². The van der Waals surface area contributed by atoms with Gasteiger partial charge in [-0.15, -0.1) is 5.10 Å². The van der Waals surface area contributed by atoms with Gasteiger partial charge in [0.15, 0.2) is 5.60 Å². The molecule has 1 aromatic heterocycles. The summed E-state index contributed by atoms with van der Waals surface area (Å²) in [4.78, 5) is 11.1. The van der Waals surface area contributed by atoms with Crippen LogP contribution in [0.5, 0.6) is 11.6 Å². The van der Waals surface area contributed by atoms with E-state index in [2.05, 4.69) is 16.3 Å². The standard InChI is InChI=1S/C17H15N3O4/c1-17(10-22-2)8-14(23-16-6-5-15(21)19-20-16)12-7-11(9-18)3-4-13(12)24-17/h3-8H,10H2,1-2H3,(H,19,21). The maximum Gasteiger partial charge on any atom is 0.264 e. The van der Waals surface area contributed by atoms with Crippen LogP contribution in [-0.4, -0.2) is 29.5 Å². The average molecular weight is 325 g/mol. The summed E-state index contributed by atoms with van der Waals surface area (Å²) in [5.41, 5.74) is 0.0694. The second-order valence-electron chi connectivity index (χ2n) is 5.54. The smallest absolute Gasteiger partial charge is 0.264 e. The number of nitrogens with one attached hydrogen (secondary N) is 1.